The molecule has 0 aliphatic rings. The lowest BCUT2D eigenvalue weighted by molar-refractivity contribution is -0.120. The van der Waals surface area contributed by atoms with Gasteiger partial charge in [-0.3, -0.25) is 4.79 Å². The third kappa shape index (κ3) is 3.60. The molecule has 1 N–H and O–H groups in total. The van der Waals surface area contributed by atoms with Gasteiger partial charge in [-0.25, -0.2) is 4.79 Å². The summed E-state index contributed by atoms with van der Waals surface area (Å²) in [5, 5.41) is 9.67. The van der Waals surface area contributed by atoms with Crippen LogP contribution in [0.15, 0.2) is 77.3 Å². The highest BCUT2D eigenvalue weighted by Crippen LogP contribution is 2.42. The van der Waals surface area contributed by atoms with Gasteiger partial charge in [0.25, 0.3) is 6.47 Å². The van der Waals surface area contributed by atoms with Gasteiger partial charge < -0.3 is 14.7 Å². The maximum atomic E-state index is 11.8. The standard InChI is InChI=1S/C20H14BrNO4/c21-14-9-11-16(12-10-14)22(15-5-2-1-3-6-15)19-17(20(24)25)7-4-8-18(19)26-13-23/h1-13H,(H,24,25). The lowest BCUT2D eigenvalue weighted by atomic mass is 10.1. The number of rotatable bonds is 6. The number of hydrogen-bond acceptors (Lipinski definition) is 4. The summed E-state index contributed by atoms with van der Waals surface area (Å²) in [5.41, 5.74) is 1.76. The van der Waals surface area contributed by atoms with Gasteiger partial charge in [0.15, 0.2) is 5.75 Å². The molecule has 5 nitrogen and oxygen atoms in total. The molecule has 0 fully saturated rings. The van der Waals surface area contributed by atoms with Gasteiger partial charge in [-0.05, 0) is 48.5 Å². The van der Waals surface area contributed by atoms with E-state index in [0.29, 0.717) is 0 Å². The maximum Gasteiger partial charge on any atom is 0.337 e. The molecule has 26 heavy (non-hydrogen) atoms. The highest BCUT2D eigenvalue weighted by Gasteiger charge is 2.23. The lowest BCUT2D eigenvalue weighted by Crippen LogP contribution is -2.15. The Hall–Kier alpha value is -3.12. The van der Waals surface area contributed by atoms with Crippen LogP contribution in [0.4, 0.5) is 17.1 Å². The first kappa shape index (κ1) is 17.7. The number of carbonyl (C=O) groups is 2. The van der Waals surface area contributed by atoms with Crippen molar-refractivity contribution in [3.05, 3.63) is 82.8 Å². The molecule has 0 saturated carbocycles. The Kier molecular flexibility index (Phi) is 5.34. The van der Waals surface area contributed by atoms with E-state index in [-0.39, 0.29) is 23.5 Å². The zero-order chi connectivity index (χ0) is 18.5. The Morgan fingerprint density at radius 2 is 1.58 bits per heavy atom. The molecule has 0 bridgehead atoms. The Morgan fingerprint density at radius 3 is 2.19 bits per heavy atom. The third-order valence-corrected chi connectivity index (χ3v) is 4.26. The number of carboxylic acid groups (broad SMARTS) is 1. The summed E-state index contributed by atoms with van der Waals surface area (Å²) in [6.07, 6.45) is 0. The minimum atomic E-state index is -1.12. The quantitative estimate of drug-likeness (QED) is 0.567. The fourth-order valence-electron chi connectivity index (χ4n) is 2.65. The van der Waals surface area contributed by atoms with Gasteiger partial charge in [-0.15, -0.1) is 0 Å². The Labute approximate surface area is 158 Å². The van der Waals surface area contributed by atoms with E-state index < -0.39 is 5.97 Å². The Morgan fingerprint density at radius 1 is 0.923 bits per heavy atom. The summed E-state index contributed by atoms with van der Waals surface area (Å²) >= 11 is 3.40. The van der Waals surface area contributed by atoms with Crippen LogP contribution in [-0.2, 0) is 4.79 Å². The average molecular weight is 412 g/mol. The van der Waals surface area contributed by atoms with Crippen molar-refractivity contribution in [1.82, 2.24) is 0 Å². The highest BCUT2D eigenvalue weighted by molar-refractivity contribution is 9.10. The number of nitrogens with zero attached hydrogens (tertiary/aromatic N) is 1. The summed E-state index contributed by atoms with van der Waals surface area (Å²) in [6, 6.07) is 21.3. The summed E-state index contributed by atoms with van der Waals surface area (Å²) in [4.78, 5) is 24.5. The molecular weight excluding hydrogens is 398 g/mol. The summed E-state index contributed by atoms with van der Waals surface area (Å²) in [6.45, 7) is 0.287. The van der Waals surface area contributed by atoms with Crippen LogP contribution in [0, 0.1) is 0 Å². The van der Waals surface area contributed by atoms with Gasteiger partial charge in [0.1, 0.15) is 5.69 Å². The number of anilines is 3. The Bertz CT molecular complexity index is 926. The van der Waals surface area contributed by atoms with Gasteiger partial charge in [-0.2, -0.15) is 0 Å². The van der Waals surface area contributed by atoms with Crippen molar-refractivity contribution in [2.75, 3.05) is 4.90 Å². The second-order valence-corrected chi connectivity index (χ2v) is 6.23. The van der Waals surface area contributed by atoms with Crippen molar-refractivity contribution in [2.45, 2.75) is 0 Å². The van der Waals surface area contributed by atoms with E-state index in [9.17, 15) is 14.7 Å². The van der Waals surface area contributed by atoms with Gasteiger partial charge in [0.2, 0.25) is 0 Å². The van der Waals surface area contributed by atoms with E-state index in [2.05, 4.69) is 15.9 Å². The number of ether oxygens (including phenoxy) is 1. The molecule has 3 rings (SSSR count). The van der Waals surface area contributed by atoms with Crippen LogP contribution in [0.3, 0.4) is 0 Å². The number of halogens is 1. The predicted molar refractivity (Wildman–Crippen MR) is 102 cm³/mol. The SMILES string of the molecule is O=COc1cccc(C(=O)O)c1N(c1ccccc1)c1ccc(Br)cc1. The number of aromatic carboxylic acids is 1. The van der Waals surface area contributed by atoms with Crippen LogP contribution in [0.5, 0.6) is 5.75 Å². The molecule has 0 atom stereocenters. The van der Waals surface area contributed by atoms with Crippen LogP contribution in [0.1, 0.15) is 10.4 Å². The zero-order valence-electron chi connectivity index (χ0n) is 13.5. The van der Waals surface area contributed by atoms with Gasteiger partial charge in [0.05, 0.1) is 5.56 Å². The highest BCUT2D eigenvalue weighted by atomic mass is 79.9. The minimum absolute atomic E-state index is 0.0242. The molecule has 0 heterocycles. The average Bonchev–Trinajstić information content (AvgIpc) is 2.65. The number of carboxylic acids is 1. The largest absolute Gasteiger partial charge is 0.478 e. The fraction of sp³-hybridized carbons (Fsp3) is 0. The second kappa shape index (κ2) is 7.84. The zero-order valence-corrected chi connectivity index (χ0v) is 15.1. The molecule has 0 amide bonds. The first-order valence-corrected chi connectivity index (χ1v) is 8.48. The van der Waals surface area contributed by atoms with Crippen molar-refractivity contribution in [3.63, 3.8) is 0 Å². The minimum Gasteiger partial charge on any atom is -0.478 e. The molecule has 0 unspecified atom stereocenters. The van der Waals surface area contributed by atoms with E-state index in [1.807, 2.05) is 54.6 Å². The molecule has 3 aromatic rings. The van der Waals surface area contributed by atoms with Crippen molar-refractivity contribution >= 4 is 45.4 Å². The number of benzene rings is 3. The molecule has 0 aliphatic heterocycles. The first-order valence-electron chi connectivity index (χ1n) is 7.69. The van der Waals surface area contributed by atoms with E-state index >= 15 is 0 Å². The molecule has 3 aromatic carbocycles. The summed E-state index contributed by atoms with van der Waals surface area (Å²) < 4.78 is 5.97. The Balaban J connectivity index is 2.30. The smallest absolute Gasteiger partial charge is 0.337 e. The van der Waals surface area contributed by atoms with Crippen molar-refractivity contribution in [1.29, 1.82) is 0 Å². The van der Waals surface area contributed by atoms with Crippen molar-refractivity contribution in [3.8, 4) is 5.75 Å². The first-order chi connectivity index (χ1) is 12.6. The van der Waals surface area contributed by atoms with Gasteiger partial charge in [0, 0.05) is 15.8 Å². The monoisotopic (exact) mass is 411 g/mol. The normalized spacial score (nSPS) is 10.2. The fourth-order valence-corrected chi connectivity index (χ4v) is 2.91. The molecule has 0 saturated heterocycles. The number of hydrogen-bond donors (Lipinski definition) is 1. The molecule has 0 aliphatic carbocycles. The van der Waals surface area contributed by atoms with Crippen LogP contribution >= 0.6 is 15.9 Å². The molecule has 6 heteroatoms. The predicted octanol–water partition coefficient (Wildman–Crippen LogP) is 5.15. The van der Waals surface area contributed by atoms with Crippen molar-refractivity contribution < 1.29 is 19.4 Å². The molecule has 0 spiro atoms. The topological polar surface area (TPSA) is 66.8 Å². The number of carbonyl (C=O) groups excluding carboxylic acids is 1. The maximum absolute atomic E-state index is 11.8. The van der Waals surface area contributed by atoms with E-state index in [0.717, 1.165) is 15.8 Å². The summed E-state index contributed by atoms with van der Waals surface area (Å²) in [7, 11) is 0. The second-order valence-electron chi connectivity index (χ2n) is 5.32. The van der Waals surface area contributed by atoms with E-state index in [1.54, 1.807) is 11.0 Å². The van der Waals surface area contributed by atoms with Gasteiger partial charge in [-0.1, -0.05) is 40.2 Å². The third-order valence-electron chi connectivity index (χ3n) is 3.73. The van der Waals surface area contributed by atoms with Crippen LogP contribution in [-0.4, -0.2) is 17.5 Å². The molecule has 130 valence electrons. The van der Waals surface area contributed by atoms with Crippen LogP contribution in [0.25, 0.3) is 0 Å². The summed E-state index contributed by atoms with van der Waals surface area (Å²) in [5.74, 6) is -0.957. The molecular formula is C20H14BrNO4. The van der Waals surface area contributed by atoms with Crippen molar-refractivity contribution in [2.24, 2.45) is 0 Å². The van der Waals surface area contributed by atoms with E-state index in [4.69, 9.17) is 4.74 Å². The lowest BCUT2D eigenvalue weighted by Gasteiger charge is -2.28. The van der Waals surface area contributed by atoms with Gasteiger partial charge >= 0.3 is 5.97 Å². The molecule has 0 aromatic heterocycles. The molecule has 0 radical (unpaired) electrons. The number of para-hydroxylation sites is 2. The van der Waals surface area contributed by atoms with Crippen LogP contribution < -0.4 is 9.64 Å². The van der Waals surface area contributed by atoms with Crippen LogP contribution in [0.2, 0.25) is 0 Å². The van der Waals surface area contributed by atoms with E-state index in [1.165, 1.54) is 12.1 Å².